The van der Waals surface area contributed by atoms with Gasteiger partial charge in [0.05, 0.1) is 38.5 Å². The summed E-state index contributed by atoms with van der Waals surface area (Å²) in [6, 6.07) is 24.9. The largest absolute Gasteiger partial charge is 0.309 e. The number of nitrogens with zero attached hydrogens (tertiary/aromatic N) is 2. The molecule has 0 bridgehead atoms. The van der Waals surface area contributed by atoms with E-state index >= 15 is 0 Å². The summed E-state index contributed by atoms with van der Waals surface area (Å²) in [6.45, 7) is 0. The zero-order valence-electron chi connectivity index (χ0n) is 35.1. The maximum atomic E-state index is 9.55. The topological polar surface area (TPSA) is 9.86 Å². The Kier molecular flexibility index (Phi) is 3.49. The van der Waals surface area contributed by atoms with Crippen molar-refractivity contribution in [2.75, 3.05) is 0 Å². The van der Waals surface area contributed by atoms with Crippen molar-refractivity contribution in [1.82, 2.24) is 9.13 Å². The predicted octanol–water partition coefficient (Wildman–Crippen LogP) is 11.2. The molecule has 0 aliphatic carbocycles. The van der Waals surface area contributed by atoms with Gasteiger partial charge >= 0.3 is 0 Å². The van der Waals surface area contributed by atoms with Crippen LogP contribution in [0, 0.1) is 0 Å². The molecule has 0 unspecified atom stereocenters. The molecule has 0 N–H and O–H groups in total. The summed E-state index contributed by atoms with van der Waals surface area (Å²) in [5, 5.41) is 0.383. The summed E-state index contributed by atoms with van der Waals surface area (Å²) in [6.07, 6.45) is 0. The van der Waals surface area contributed by atoms with Crippen LogP contribution in [0.4, 0.5) is 0 Å². The van der Waals surface area contributed by atoms with Gasteiger partial charge in [0, 0.05) is 32.9 Å². The van der Waals surface area contributed by atoms with Gasteiger partial charge in [-0.3, -0.25) is 0 Å². The summed E-state index contributed by atoms with van der Waals surface area (Å²) in [4.78, 5) is 0. The van der Waals surface area contributed by atoms with Gasteiger partial charge in [-0.25, -0.2) is 0 Å². The molecule has 2 aromatic heterocycles. The minimum atomic E-state index is -0.519. The van der Waals surface area contributed by atoms with Crippen molar-refractivity contribution < 1.29 is 16.4 Å². The van der Waals surface area contributed by atoms with E-state index in [1.165, 1.54) is 16.7 Å². The highest BCUT2D eigenvalue weighted by Crippen LogP contribution is 2.42. The zero-order valence-corrected chi connectivity index (χ0v) is 23.1. The molecular formula is C42H28N2. The molecule has 0 saturated carbocycles. The summed E-state index contributed by atoms with van der Waals surface area (Å²) >= 11 is 0. The molecule has 0 saturated heterocycles. The van der Waals surface area contributed by atoms with Crippen LogP contribution in [0.2, 0.25) is 0 Å². The molecule has 0 radical (unpaired) electrons. The van der Waals surface area contributed by atoms with E-state index in [2.05, 4.69) is 0 Å². The van der Waals surface area contributed by atoms with E-state index in [9.17, 15) is 4.11 Å². The summed E-state index contributed by atoms with van der Waals surface area (Å²) in [5.41, 5.74) is 4.41. The van der Waals surface area contributed by atoms with Crippen LogP contribution >= 0.6 is 0 Å². The molecule has 0 aliphatic heterocycles. The molecular weight excluding hydrogens is 532 g/mol. The van der Waals surface area contributed by atoms with Crippen LogP contribution < -0.4 is 0 Å². The monoisotopic (exact) mass is 572 g/mol. The van der Waals surface area contributed by atoms with Crippen molar-refractivity contribution in [2.24, 2.45) is 0 Å². The number of aromatic nitrogens is 2. The van der Waals surface area contributed by atoms with Gasteiger partial charge in [-0.05, 0) is 76.8 Å². The molecule has 0 aliphatic rings. The van der Waals surface area contributed by atoms with Crippen molar-refractivity contribution in [2.45, 2.75) is 0 Å². The van der Waals surface area contributed by atoms with E-state index in [0.717, 1.165) is 22.3 Å². The number of fused-ring (bicyclic) bond motifs is 7. The van der Waals surface area contributed by atoms with E-state index < -0.39 is 36.3 Å². The van der Waals surface area contributed by atoms with Gasteiger partial charge in [0.15, 0.2) is 0 Å². The zero-order chi connectivity index (χ0) is 39.5. The van der Waals surface area contributed by atoms with E-state index in [1.807, 2.05) is 54.6 Å². The van der Waals surface area contributed by atoms with Gasteiger partial charge in [0.25, 0.3) is 0 Å². The van der Waals surface area contributed by atoms with Crippen LogP contribution in [0.15, 0.2) is 170 Å². The summed E-state index contributed by atoms with van der Waals surface area (Å²) in [5.74, 6) is 0. The third-order valence-electron chi connectivity index (χ3n) is 8.05. The lowest BCUT2D eigenvalue weighted by atomic mass is 9.99. The number of rotatable bonds is 4. The fourth-order valence-corrected chi connectivity index (χ4v) is 6.12. The molecule has 44 heavy (non-hydrogen) atoms. The summed E-state index contributed by atoms with van der Waals surface area (Å²) in [7, 11) is 0. The van der Waals surface area contributed by atoms with Crippen LogP contribution in [0.3, 0.4) is 0 Å². The molecule has 9 aromatic rings. The van der Waals surface area contributed by atoms with Gasteiger partial charge in [0.1, 0.15) is 0 Å². The van der Waals surface area contributed by atoms with Crippen LogP contribution in [-0.2, 0) is 0 Å². The van der Waals surface area contributed by atoms with Crippen molar-refractivity contribution in [3.05, 3.63) is 170 Å². The second-order valence-electron chi connectivity index (χ2n) is 10.5. The van der Waals surface area contributed by atoms with Crippen LogP contribution in [0.25, 0.3) is 77.2 Å². The fourth-order valence-electron chi connectivity index (χ4n) is 6.12. The Labute approximate surface area is 272 Å². The minimum absolute atomic E-state index is 0.0329. The molecule has 2 heteroatoms. The third-order valence-corrected chi connectivity index (χ3v) is 8.05. The molecule has 2 heterocycles. The lowest BCUT2D eigenvalue weighted by Gasteiger charge is -2.11. The highest BCUT2D eigenvalue weighted by atomic mass is 15.0. The molecule has 0 spiro atoms. The number of para-hydroxylation sites is 3. The van der Waals surface area contributed by atoms with Gasteiger partial charge in [0.2, 0.25) is 0 Å². The molecule has 0 fully saturated rings. The van der Waals surface area contributed by atoms with Crippen molar-refractivity contribution in [3.63, 3.8) is 0 Å². The standard InChI is InChI=1S/C42H28N2/c1-3-12-29(13-4-1)31-14-11-15-32(28-31)30-22-24-34(25-23-30)44-38-21-10-8-19-36(38)42-40(44)27-26-39-41(42)35-18-7-9-20-37(35)43(39)33-16-5-2-6-17-33/h1-28H/i2D,7D,8D,9D,10D,12D,18D,19D,20D,21D,26D,27D. The van der Waals surface area contributed by atoms with Crippen molar-refractivity contribution in [3.8, 4) is 33.6 Å². The molecule has 2 nitrogen and oxygen atoms in total. The first-order chi connectivity index (χ1) is 26.8. The van der Waals surface area contributed by atoms with Gasteiger partial charge in [-0.2, -0.15) is 0 Å². The lowest BCUT2D eigenvalue weighted by molar-refractivity contribution is 1.17. The van der Waals surface area contributed by atoms with Crippen molar-refractivity contribution >= 4 is 43.6 Å². The lowest BCUT2D eigenvalue weighted by Crippen LogP contribution is -1.94. The number of hydrogen-bond donors (Lipinski definition) is 0. The smallest absolute Gasteiger partial charge is 0.0646 e. The fraction of sp³-hybridized carbons (Fsp3) is 0. The van der Waals surface area contributed by atoms with Crippen LogP contribution in [0.5, 0.6) is 0 Å². The molecule has 0 amide bonds. The normalized spacial score (nSPS) is 15.5. The van der Waals surface area contributed by atoms with E-state index in [-0.39, 0.29) is 73.8 Å². The third kappa shape index (κ3) is 3.75. The highest BCUT2D eigenvalue weighted by molar-refractivity contribution is 6.28. The average molecular weight is 573 g/mol. The average Bonchev–Trinajstić information content (AvgIpc) is 3.75. The maximum absolute atomic E-state index is 9.55. The first kappa shape index (κ1) is 15.6. The molecule has 0 atom stereocenters. The number of hydrogen-bond acceptors (Lipinski definition) is 0. The maximum Gasteiger partial charge on any atom is 0.0646 e. The minimum Gasteiger partial charge on any atom is -0.309 e. The Hall–Kier alpha value is -5.86. The van der Waals surface area contributed by atoms with Crippen LogP contribution in [0.1, 0.15) is 16.4 Å². The van der Waals surface area contributed by atoms with Crippen molar-refractivity contribution in [1.29, 1.82) is 0 Å². The predicted molar refractivity (Wildman–Crippen MR) is 186 cm³/mol. The Balaban J connectivity index is 1.42. The van der Waals surface area contributed by atoms with E-state index in [0.29, 0.717) is 17.4 Å². The Morgan fingerprint density at radius 2 is 0.932 bits per heavy atom. The van der Waals surface area contributed by atoms with E-state index in [4.69, 9.17) is 12.3 Å². The first-order valence-electron chi connectivity index (χ1n) is 20.1. The van der Waals surface area contributed by atoms with Crippen LogP contribution in [-0.4, -0.2) is 9.13 Å². The molecule has 9 rings (SSSR count). The Morgan fingerprint density at radius 3 is 1.57 bits per heavy atom. The number of benzene rings is 7. The Morgan fingerprint density at radius 1 is 0.364 bits per heavy atom. The van der Waals surface area contributed by atoms with Gasteiger partial charge in [-0.1, -0.05) is 115 Å². The second kappa shape index (κ2) is 9.86. The van der Waals surface area contributed by atoms with Gasteiger partial charge in [-0.15, -0.1) is 0 Å². The SMILES string of the molecule is [2H]c1ccc(-n2c3c([2H])c([2H])c([2H])c([2H])c3c3c4c5c([2H])c([2H])c([2H])c([2H])c5n(-c5ccc(-c6cccc(-c7ccccc7[2H])c6)cc5)c4c([2H])c([2H])c32)cc1. The molecule has 7 aromatic carbocycles. The molecule has 206 valence electrons. The second-order valence-corrected chi connectivity index (χ2v) is 10.5. The first-order valence-corrected chi connectivity index (χ1v) is 14.1. The van der Waals surface area contributed by atoms with Gasteiger partial charge < -0.3 is 9.13 Å². The van der Waals surface area contributed by atoms with E-state index in [1.54, 1.807) is 34.9 Å². The summed E-state index contributed by atoms with van der Waals surface area (Å²) < 4.78 is 110. The highest BCUT2D eigenvalue weighted by Gasteiger charge is 2.20. The Bertz CT molecular complexity index is 3150. The quantitative estimate of drug-likeness (QED) is 0.198.